The van der Waals surface area contributed by atoms with Crippen LogP contribution in [0.4, 0.5) is 5.82 Å². The Labute approximate surface area is 127 Å². The number of pyridine rings is 1. The zero-order valence-electron chi connectivity index (χ0n) is 13.3. The molecule has 0 saturated heterocycles. The van der Waals surface area contributed by atoms with Gasteiger partial charge in [-0.05, 0) is 44.2 Å². The highest BCUT2D eigenvalue weighted by Gasteiger charge is 2.21. The molecule has 0 bridgehead atoms. The van der Waals surface area contributed by atoms with E-state index in [1.807, 2.05) is 19.9 Å². The number of nitrogens with zero attached hydrogens (tertiary/aromatic N) is 2. The first-order valence-corrected chi connectivity index (χ1v) is 7.85. The largest absolute Gasteiger partial charge is 0.376 e. The highest BCUT2D eigenvalue weighted by atomic mass is 16.5. The van der Waals surface area contributed by atoms with Gasteiger partial charge in [-0.25, -0.2) is 4.98 Å². The third-order valence-corrected chi connectivity index (χ3v) is 4.22. The van der Waals surface area contributed by atoms with Gasteiger partial charge in [0, 0.05) is 12.2 Å². The highest BCUT2D eigenvalue weighted by Crippen LogP contribution is 2.26. The lowest BCUT2D eigenvalue weighted by molar-refractivity contribution is 0.000371. The Morgan fingerprint density at radius 1 is 1.38 bits per heavy atom. The minimum atomic E-state index is 0.392. The number of aryl methyl sites for hydroxylation is 2. The normalized spacial score (nSPS) is 21.8. The fourth-order valence-electron chi connectivity index (χ4n) is 3.02. The lowest BCUT2D eigenvalue weighted by Gasteiger charge is -2.28. The topological polar surface area (TPSA) is 57.9 Å². The van der Waals surface area contributed by atoms with Crippen LogP contribution in [0.3, 0.4) is 0 Å². The van der Waals surface area contributed by atoms with E-state index in [1.165, 1.54) is 25.7 Å². The summed E-state index contributed by atoms with van der Waals surface area (Å²) in [6, 6.07) is 4.16. The molecule has 114 valence electrons. The lowest BCUT2D eigenvalue weighted by Crippen LogP contribution is -2.27. The van der Waals surface area contributed by atoms with Crippen molar-refractivity contribution in [2.24, 2.45) is 5.92 Å². The Hall–Kier alpha value is -1.60. The fraction of sp³-hybridized carbons (Fsp3) is 0.647. The van der Waals surface area contributed by atoms with Gasteiger partial charge in [0.2, 0.25) is 0 Å². The van der Waals surface area contributed by atoms with Gasteiger partial charge in [0.05, 0.1) is 18.3 Å². The summed E-state index contributed by atoms with van der Waals surface area (Å²) in [5.41, 5.74) is 2.52. The predicted octanol–water partition coefficient (Wildman–Crippen LogP) is 3.58. The van der Waals surface area contributed by atoms with Crippen LogP contribution < -0.4 is 5.32 Å². The molecule has 1 saturated carbocycles. The third kappa shape index (κ3) is 4.18. The molecule has 4 heteroatoms. The second-order valence-corrected chi connectivity index (χ2v) is 6.01. The van der Waals surface area contributed by atoms with Gasteiger partial charge in [-0.2, -0.15) is 5.26 Å². The molecule has 1 N–H and O–H groups in total. The van der Waals surface area contributed by atoms with E-state index in [4.69, 9.17) is 4.74 Å². The van der Waals surface area contributed by atoms with E-state index in [9.17, 15) is 5.26 Å². The van der Waals surface area contributed by atoms with Crippen LogP contribution in [-0.4, -0.2) is 24.2 Å². The predicted molar refractivity (Wildman–Crippen MR) is 84.3 cm³/mol. The molecule has 1 aliphatic rings. The van der Waals surface area contributed by atoms with Crippen LogP contribution in [0.2, 0.25) is 0 Å². The lowest BCUT2D eigenvalue weighted by atomic mass is 9.88. The third-order valence-electron chi connectivity index (χ3n) is 4.22. The van der Waals surface area contributed by atoms with Crippen LogP contribution in [0.25, 0.3) is 0 Å². The minimum Gasteiger partial charge on any atom is -0.376 e. The zero-order valence-corrected chi connectivity index (χ0v) is 13.3. The Morgan fingerprint density at radius 2 is 2.14 bits per heavy atom. The molecule has 1 fully saturated rings. The number of nitriles is 1. The van der Waals surface area contributed by atoms with Crippen molar-refractivity contribution in [3.8, 4) is 6.07 Å². The smallest absolute Gasteiger partial charge is 0.144 e. The Kier molecular flexibility index (Phi) is 5.58. The summed E-state index contributed by atoms with van der Waals surface area (Å²) in [5, 5.41) is 12.5. The van der Waals surface area contributed by atoms with E-state index in [2.05, 4.69) is 23.3 Å². The van der Waals surface area contributed by atoms with E-state index >= 15 is 0 Å². The van der Waals surface area contributed by atoms with Crippen molar-refractivity contribution in [1.82, 2.24) is 4.98 Å². The van der Waals surface area contributed by atoms with E-state index in [-0.39, 0.29) is 0 Å². The quantitative estimate of drug-likeness (QED) is 0.841. The molecule has 2 unspecified atom stereocenters. The SMILES string of the molecule is Cc1cc(C)c(C#N)c(NCCOC2CCCCC2C)n1. The molecule has 21 heavy (non-hydrogen) atoms. The molecule has 0 spiro atoms. The molecule has 0 aromatic carbocycles. The second-order valence-electron chi connectivity index (χ2n) is 6.01. The van der Waals surface area contributed by atoms with Crippen molar-refractivity contribution >= 4 is 5.82 Å². The zero-order chi connectivity index (χ0) is 15.2. The molecule has 1 aliphatic carbocycles. The van der Waals surface area contributed by atoms with Crippen LogP contribution in [0.5, 0.6) is 0 Å². The Bertz CT molecular complexity index is 522. The molecule has 0 radical (unpaired) electrons. The van der Waals surface area contributed by atoms with Crippen molar-refractivity contribution in [3.63, 3.8) is 0 Å². The molecule has 0 amide bonds. The molecule has 1 aromatic heterocycles. The summed E-state index contributed by atoms with van der Waals surface area (Å²) >= 11 is 0. The van der Waals surface area contributed by atoms with Crippen molar-refractivity contribution in [1.29, 1.82) is 5.26 Å². The Morgan fingerprint density at radius 3 is 2.86 bits per heavy atom. The average Bonchev–Trinajstić information content (AvgIpc) is 2.45. The maximum absolute atomic E-state index is 9.22. The average molecular weight is 287 g/mol. The van der Waals surface area contributed by atoms with Crippen molar-refractivity contribution in [3.05, 3.63) is 22.9 Å². The number of aromatic nitrogens is 1. The van der Waals surface area contributed by atoms with E-state index in [1.54, 1.807) is 0 Å². The maximum atomic E-state index is 9.22. The van der Waals surface area contributed by atoms with Crippen molar-refractivity contribution in [2.45, 2.75) is 52.6 Å². The van der Waals surface area contributed by atoms with Crippen LogP contribution in [0.1, 0.15) is 49.4 Å². The molecule has 1 aromatic rings. The van der Waals surface area contributed by atoms with Crippen molar-refractivity contribution in [2.75, 3.05) is 18.5 Å². The second kappa shape index (κ2) is 7.42. The van der Waals surface area contributed by atoms with E-state index < -0.39 is 0 Å². The number of hydrogen-bond acceptors (Lipinski definition) is 4. The van der Waals surface area contributed by atoms with Crippen molar-refractivity contribution < 1.29 is 4.74 Å². The van der Waals surface area contributed by atoms with Crippen LogP contribution in [-0.2, 0) is 4.74 Å². The first kappa shape index (κ1) is 15.8. The van der Waals surface area contributed by atoms with Crippen LogP contribution >= 0.6 is 0 Å². The molecule has 2 rings (SSSR count). The van der Waals surface area contributed by atoms with Gasteiger partial charge in [0.15, 0.2) is 0 Å². The first-order chi connectivity index (χ1) is 10.1. The molecule has 4 nitrogen and oxygen atoms in total. The van der Waals surface area contributed by atoms with Crippen LogP contribution in [0, 0.1) is 31.1 Å². The van der Waals surface area contributed by atoms with Gasteiger partial charge in [0.25, 0.3) is 0 Å². The molecule has 0 aliphatic heterocycles. The number of hydrogen-bond donors (Lipinski definition) is 1. The summed E-state index contributed by atoms with van der Waals surface area (Å²) in [7, 11) is 0. The first-order valence-electron chi connectivity index (χ1n) is 7.85. The van der Waals surface area contributed by atoms with Gasteiger partial charge < -0.3 is 10.1 Å². The van der Waals surface area contributed by atoms with Gasteiger partial charge in [-0.15, -0.1) is 0 Å². The molecular formula is C17H25N3O. The fourth-order valence-corrected chi connectivity index (χ4v) is 3.02. The number of rotatable bonds is 5. The maximum Gasteiger partial charge on any atom is 0.144 e. The van der Waals surface area contributed by atoms with Gasteiger partial charge in [0.1, 0.15) is 11.9 Å². The van der Waals surface area contributed by atoms with Gasteiger partial charge in [-0.1, -0.05) is 19.8 Å². The van der Waals surface area contributed by atoms with Gasteiger partial charge >= 0.3 is 0 Å². The van der Waals surface area contributed by atoms with E-state index in [0.29, 0.717) is 36.6 Å². The standard InChI is InChI=1S/C17H25N3O/c1-12-6-4-5-7-16(12)21-9-8-19-17-15(11-18)13(2)10-14(3)20-17/h10,12,16H,4-9H2,1-3H3,(H,19,20). The summed E-state index contributed by atoms with van der Waals surface area (Å²) < 4.78 is 5.98. The molecule has 2 atom stereocenters. The highest BCUT2D eigenvalue weighted by molar-refractivity contribution is 5.56. The summed E-state index contributed by atoms with van der Waals surface area (Å²) in [5.74, 6) is 1.34. The molecular weight excluding hydrogens is 262 g/mol. The van der Waals surface area contributed by atoms with Gasteiger partial charge in [-0.3, -0.25) is 0 Å². The Balaban J connectivity index is 1.85. The monoisotopic (exact) mass is 287 g/mol. The minimum absolute atomic E-state index is 0.392. The summed E-state index contributed by atoms with van der Waals surface area (Å²) in [4.78, 5) is 4.41. The number of nitrogens with one attached hydrogen (secondary N) is 1. The summed E-state index contributed by atoms with van der Waals surface area (Å²) in [6.45, 7) is 7.51. The number of anilines is 1. The van der Waals surface area contributed by atoms with Crippen LogP contribution in [0.15, 0.2) is 6.07 Å². The molecule has 1 heterocycles. The summed E-state index contributed by atoms with van der Waals surface area (Å²) in [6.07, 6.45) is 5.45. The number of ether oxygens (including phenoxy) is 1. The van der Waals surface area contributed by atoms with E-state index in [0.717, 1.165) is 11.3 Å².